The van der Waals surface area contributed by atoms with Gasteiger partial charge in [-0.05, 0) is 55.3 Å². The fourth-order valence-corrected chi connectivity index (χ4v) is 6.45. The van der Waals surface area contributed by atoms with Crippen LogP contribution in [0.25, 0.3) is 22.2 Å². The van der Waals surface area contributed by atoms with E-state index >= 15 is 4.39 Å². The first-order chi connectivity index (χ1) is 19.2. The van der Waals surface area contributed by atoms with E-state index in [-0.39, 0.29) is 45.6 Å². The topological polar surface area (TPSA) is 64.4 Å². The summed E-state index contributed by atoms with van der Waals surface area (Å²) < 4.78 is 100.0. The number of rotatable bonds is 4. The molecule has 0 N–H and O–H groups in total. The van der Waals surface area contributed by atoms with Gasteiger partial charge in [-0.25, -0.2) is 13.8 Å². The summed E-state index contributed by atoms with van der Waals surface area (Å²) in [5.74, 6) is -2.55. The number of imidazole rings is 1. The standard InChI is InChI=1S/C27H22F4N3O3P/c1-33-21-12-20(24-14(26(33)35)5-4-6-22(24)37-27(30)31)34-19-9-13(7-8-18(19)32-25(21)34)15-10-17(29)23(11-16(15)28)38(2,3)36/h4-11,20-21,27H,12H2,1-3H3/t20-,21-/m1/s1/i1D3. The molecule has 0 fully saturated rings. The molecule has 2 atom stereocenters. The number of fused-ring (bicyclic) bond motifs is 9. The van der Waals surface area contributed by atoms with Gasteiger partial charge in [-0.15, -0.1) is 0 Å². The van der Waals surface area contributed by atoms with Crippen LogP contribution in [0, 0.1) is 11.6 Å². The summed E-state index contributed by atoms with van der Waals surface area (Å²) in [5, 5.41) is -0.215. The number of amides is 1. The van der Waals surface area contributed by atoms with Crippen molar-refractivity contribution in [1.82, 2.24) is 14.5 Å². The van der Waals surface area contributed by atoms with Crippen molar-refractivity contribution in [2.24, 2.45) is 0 Å². The Labute approximate surface area is 219 Å². The summed E-state index contributed by atoms with van der Waals surface area (Å²) >= 11 is 0. The number of hydrogen-bond acceptors (Lipinski definition) is 4. The van der Waals surface area contributed by atoms with Gasteiger partial charge in [-0.2, -0.15) is 8.78 Å². The van der Waals surface area contributed by atoms with Crippen molar-refractivity contribution in [2.75, 3.05) is 20.3 Å². The first-order valence-corrected chi connectivity index (χ1v) is 14.2. The van der Waals surface area contributed by atoms with Crippen molar-refractivity contribution in [3.05, 3.63) is 77.1 Å². The molecule has 38 heavy (non-hydrogen) atoms. The number of aromatic nitrogens is 2. The number of halogens is 4. The summed E-state index contributed by atoms with van der Waals surface area (Å²) in [6.07, 6.45) is 0.0171. The summed E-state index contributed by atoms with van der Waals surface area (Å²) in [7, 11) is -3.09. The second-order valence-electron chi connectivity index (χ2n) is 9.72. The number of alkyl halides is 2. The number of nitrogens with zero attached hydrogens (tertiary/aromatic N) is 3. The van der Waals surface area contributed by atoms with Crippen molar-refractivity contribution in [3.63, 3.8) is 0 Å². The smallest absolute Gasteiger partial charge is 0.387 e. The van der Waals surface area contributed by atoms with Gasteiger partial charge in [0, 0.05) is 39.5 Å². The summed E-state index contributed by atoms with van der Waals surface area (Å²) in [6.45, 7) is -3.41. The minimum absolute atomic E-state index is 0.0171. The molecule has 11 heteroatoms. The van der Waals surface area contributed by atoms with E-state index in [2.05, 4.69) is 4.98 Å². The summed E-state index contributed by atoms with van der Waals surface area (Å²) in [4.78, 5) is 18.8. The molecular formula is C27H22F4N3O3P. The molecule has 1 amide bonds. The maximum absolute atomic E-state index is 15.2. The first kappa shape index (κ1) is 21.3. The number of benzene rings is 3. The van der Waals surface area contributed by atoms with E-state index in [0.717, 1.165) is 17.0 Å². The molecule has 3 aromatic carbocycles. The van der Waals surface area contributed by atoms with Crippen LogP contribution < -0.4 is 10.0 Å². The molecule has 2 aliphatic heterocycles. The van der Waals surface area contributed by atoms with E-state index in [1.807, 2.05) is 0 Å². The van der Waals surface area contributed by atoms with Gasteiger partial charge >= 0.3 is 6.61 Å². The van der Waals surface area contributed by atoms with E-state index in [1.54, 1.807) is 10.6 Å². The maximum atomic E-state index is 15.2. The Bertz CT molecular complexity index is 1800. The molecule has 2 bridgehead atoms. The van der Waals surface area contributed by atoms with Gasteiger partial charge in [0.25, 0.3) is 5.91 Å². The van der Waals surface area contributed by atoms with Crippen LogP contribution >= 0.6 is 7.14 Å². The largest absolute Gasteiger partial charge is 0.434 e. The molecule has 196 valence electrons. The fraction of sp³-hybridized carbons (Fsp3) is 0.259. The molecule has 0 saturated carbocycles. The third-order valence-corrected chi connectivity index (χ3v) is 8.58. The van der Waals surface area contributed by atoms with Crippen molar-refractivity contribution >= 4 is 29.4 Å². The second-order valence-corrected chi connectivity index (χ2v) is 12.9. The Morgan fingerprint density at radius 2 is 1.87 bits per heavy atom. The van der Waals surface area contributed by atoms with Gasteiger partial charge < -0.3 is 18.8 Å². The molecule has 0 aliphatic carbocycles. The average molecular weight is 546 g/mol. The Kier molecular flexibility index (Phi) is 4.72. The molecule has 3 heterocycles. The highest BCUT2D eigenvalue weighted by molar-refractivity contribution is 7.70. The predicted octanol–water partition coefficient (Wildman–Crippen LogP) is 5.95. The average Bonchev–Trinajstić information content (AvgIpc) is 3.36. The van der Waals surface area contributed by atoms with Crippen molar-refractivity contribution < 1.29 is 35.8 Å². The van der Waals surface area contributed by atoms with Gasteiger partial charge in [0.05, 0.1) is 23.1 Å². The molecule has 0 radical (unpaired) electrons. The molecule has 4 aromatic rings. The second kappa shape index (κ2) is 8.43. The number of carbonyl (C=O) groups excluding carboxylic acids is 1. The highest BCUT2D eigenvalue weighted by Gasteiger charge is 2.45. The monoisotopic (exact) mass is 546 g/mol. The Balaban J connectivity index is 1.60. The van der Waals surface area contributed by atoms with Gasteiger partial charge in [0.1, 0.15) is 30.4 Å². The Hall–Kier alpha value is -3.65. The van der Waals surface area contributed by atoms with Crippen molar-refractivity contribution in [3.8, 4) is 16.9 Å². The van der Waals surface area contributed by atoms with Crippen LogP contribution in [0.2, 0.25) is 0 Å². The highest BCUT2D eigenvalue weighted by atomic mass is 31.2. The van der Waals surface area contributed by atoms with Gasteiger partial charge in [0.15, 0.2) is 0 Å². The van der Waals surface area contributed by atoms with E-state index < -0.39 is 50.4 Å². The zero-order valence-corrected chi connectivity index (χ0v) is 21.0. The van der Waals surface area contributed by atoms with Crippen LogP contribution in [0.3, 0.4) is 0 Å². The SMILES string of the molecule is [2H]C([2H])([2H])N1C(=O)c2cccc(OC(F)F)c2[C@H]2C[C@@H]1c1nc3ccc(-c4cc(F)c(P(C)(C)=O)cc4F)cc3n12. The first-order valence-electron chi connectivity index (χ1n) is 13.1. The maximum Gasteiger partial charge on any atom is 0.387 e. The quantitative estimate of drug-likeness (QED) is 0.235. The van der Waals surface area contributed by atoms with Crippen LogP contribution in [0.5, 0.6) is 5.75 Å². The van der Waals surface area contributed by atoms with E-state index in [1.165, 1.54) is 43.7 Å². The predicted molar refractivity (Wildman–Crippen MR) is 135 cm³/mol. The highest BCUT2D eigenvalue weighted by Crippen LogP contribution is 2.50. The summed E-state index contributed by atoms with van der Waals surface area (Å²) in [6, 6.07) is 8.59. The van der Waals surface area contributed by atoms with Gasteiger partial charge in [0.2, 0.25) is 0 Å². The third-order valence-electron chi connectivity index (χ3n) is 7.08. The van der Waals surface area contributed by atoms with Crippen molar-refractivity contribution in [1.29, 1.82) is 0 Å². The van der Waals surface area contributed by atoms with Gasteiger partial charge in [-0.1, -0.05) is 12.1 Å². The van der Waals surface area contributed by atoms with Crippen LogP contribution in [-0.4, -0.2) is 47.3 Å². The number of ether oxygens (including phenoxy) is 1. The third kappa shape index (κ3) is 3.65. The normalized spacial score (nSPS) is 20.1. The van der Waals surface area contributed by atoms with E-state index in [4.69, 9.17) is 8.85 Å². The Morgan fingerprint density at radius 3 is 2.58 bits per heavy atom. The molecule has 6 rings (SSSR count). The zero-order valence-electron chi connectivity index (χ0n) is 23.1. The number of hydrogen-bond donors (Lipinski definition) is 0. The Morgan fingerprint density at radius 1 is 1.08 bits per heavy atom. The van der Waals surface area contributed by atoms with E-state index in [0.29, 0.717) is 11.0 Å². The van der Waals surface area contributed by atoms with E-state index in [9.17, 15) is 22.5 Å². The van der Waals surface area contributed by atoms with Gasteiger partial charge in [-0.3, -0.25) is 4.79 Å². The van der Waals surface area contributed by atoms with Crippen LogP contribution in [0.15, 0.2) is 48.5 Å². The molecule has 6 nitrogen and oxygen atoms in total. The minimum Gasteiger partial charge on any atom is -0.434 e. The lowest BCUT2D eigenvalue weighted by molar-refractivity contribution is -0.0507. The van der Waals surface area contributed by atoms with Crippen LogP contribution in [-0.2, 0) is 4.57 Å². The van der Waals surface area contributed by atoms with Crippen molar-refractivity contribution in [2.45, 2.75) is 25.1 Å². The molecular weight excluding hydrogens is 521 g/mol. The lowest BCUT2D eigenvalue weighted by atomic mass is 9.97. The minimum atomic E-state index is -3.20. The lowest BCUT2D eigenvalue weighted by Crippen LogP contribution is -2.30. The fourth-order valence-electron chi connectivity index (χ4n) is 5.45. The molecule has 0 unspecified atom stereocenters. The molecule has 1 aromatic heterocycles. The summed E-state index contributed by atoms with van der Waals surface area (Å²) in [5.41, 5.74) is 0.908. The lowest BCUT2D eigenvalue weighted by Gasteiger charge is -2.24. The molecule has 0 saturated heterocycles. The van der Waals surface area contributed by atoms with Crippen LogP contribution in [0.4, 0.5) is 17.6 Å². The van der Waals surface area contributed by atoms with Crippen LogP contribution in [0.1, 0.15) is 44.4 Å². The molecule has 2 aliphatic rings. The molecule has 0 spiro atoms. The zero-order chi connectivity index (χ0) is 29.6. The number of carbonyl (C=O) groups is 1.